The number of aliphatic imine (C=N–C) groups is 1. The molecule has 138 valence electrons. The fourth-order valence-electron chi connectivity index (χ4n) is 1.78. The molecule has 0 atom stereocenters. The zero-order valence-corrected chi connectivity index (χ0v) is 16.1. The molecule has 8 heteroatoms. The molecule has 24 heavy (non-hydrogen) atoms. The minimum absolute atomic E-state index is 0. The van der Waals surface area contributed by atoms with Gasteiger partial charge >= 0.3 is 6.18 Å². The Balaban J connectivity index is 0.00000529. The van der Waals surface area contributed by atoms with Gasteiger partial charge in [-0.1, -0.05) is 18.2 Å². The summed E-state index contributed by atoms with van der Waals surface area (Å²) in [7, 11) is 0. The number of rotatable bonds is 9. The third-order valence-corrected chi connectivity index (χ3v) is 2.88. The van der Waals surface area contributed by atoms with Gasteiger partial charge in [0, 0.05) is 19.6 Å². The molecule has 0 saturated heterocycles. The molecular formula is C16H25F3IN3O. The molecule has 0 amide bonds. The Hall–Kier alpha value is -1.19. The summed E-state index contributed by atoms with van der Waals surface area (Å²) in [5.74, 6) is 1.25. The Morgan fingerprint density at radius 2 is 1.83 bits per heavy atom. The number of hydrogen-bond donors (Lipinski definition) is 2. The maximum atomic E-state index is 12.1. The zero-order valence-electron chi connectivity index (χ0n) is 13.7. The average molecular weight is 459 g/mol. The summed E-state index contributed by atoms with van der Waals surface area (Å²) in [6, 6.07) is 9.54. The second kappa shape index (κ2) is 13.1. The first-order valence-corrected chi connectivity index (χ1v) is 7.78. The molecular weight excluding hydrogens is 434 g/mol. The molecule has 0 aromatic heterocycles. The standard InChI is InChI=1S/C16H24F3N3O.HI/c1-2-20-15(22-12-10-16(17,18)19)21-11-6-7-13-23-14-8-4-3-5-9-14;/h3-5,8-9H,2,6-7,10-13H2,1H3,(H2,20,21,22);1H. The minimum atomic E-state index is -4.15. The molecule has 4 nitrogen and oxygen atoms in total. The summed E-state index contributed by atoms with van der Waals surface area (Å²) in [4.78, 5) is 4.25. The van der Waals surface area contributed by atoms with Crippen LogP contribution >= 0.6 is 24.0 Å². The SMILES string of the molecule is CCNC(=NCCCCOc1ccccc1)NCCC(F)(F)F.I. The molecule has 0 bridgehead atoms. The van der Waals surface area contributed by atoms with Crippen molar-refractivity contribution in [2.75, 3.05) is 26.2 Å². The lowest BCUT2D eigenvalue weighted by Crippen LogP contribution is -2.39. The summed E-state index contributed by atoms with van der Waals surface area (Å²) >= 11 is 0. The van der Waals surface area contributed by atoms with E-state index < -0.39 is 12.6 Å². The van der Waals surface area contributed by atoms with Crippen LogP contribution in [-0.4, -0.2) is 38.4 Å². The number of nitrogens with one attached hydrogen (secondary N) is 2. The van der Waals surface area contributed by atoms with E-state index in [1.165, 1.54) is 0 Å². The van der Waals surface area contributed by atoms with Crippen LogP contribution in [0.2, 0.25) is 0 Å². The number of nitrogens with zero attached hydrogens (tertiary/aromatic N) is 1. The van der Waals surface area contributed by atoms with E-state index in [-0.39, 0.29) is 30.5 Å². The minimum Gasteiger partial charge on any atom is -0.494 e. The molecule has 0 heterocycles. The molecule has 0 saturated carbocycles. The van der Waals surface area contributed by atoms with E-state index in [9.17, 15) is 13.2 Å². The van der Waals surface area contributed by atoms with Gasteiger partial charge in [0.05, 0.1) is 13.0 Å². The van der Waals surface area contributed by atoms with Crippen LogP contribution in [0.25, 0.3) is 0 Å². The highest BCUT2D eigenvalue weighted by atomic mass is 127. The Kier molecular flexibility index (Phi) is 12.5. The van der Waals surface area contributed by atoms with Crippen molar-refractivity contribution in [1.29, 1.82) is 0 Å². The third kappa shape index (κ3) is 12.3. The predicted octanol–water partition coefficient (Wildman–Crippen LogP) is 3.97. The van der Waals surface area contributed by atoms with Gasteiger partial charge in [0.2, 0.25) is 0 Å². The Labute approximate surface area is 158 Å². The van der Waals surface area contributed by atoms with Crippen molar-refractivity contribution in [3.63, 3.8) is 0 Å². The van der Waals surface area contributed by atoms with Gasteiger partial charge in [-0.05, 0) is 31.9 Å². The molecule has 2 N–H and O–H groups in total. The quantitative estimate of drug-likeness (QED) is 0.254. The largest absolute Gasteiger partial charge is 0.494 e. The molecule has 1 rings (SSSR count). The molecule has 0 aliphatic carbocycles. The van der Waals surface area contributed by atoms with Crippen molar-refractivity contribution in [1.82, 2.24) is 10.6 Å². The number of para-hydroxylation sites is 1. The highest BCUT2D eigenvalue weighted by Crippen LogP contribution is 2.18. The van der Waals surface area contributed by atoms with Crippen molar-refractivity contribution in [3.8, 4) is 5.75 Å². The molecule has 0 radical (unpaired) electrons. The highest BCUT2D eigenvalue weighted by Gasteiger charge is 2.26. The van der Waals surface area contributed by atoms with Crippen LogP contribution in [-0.2, 0) is 0 Å². The van der Waals surface area contributed by atoms with Gasteiger partial charge in [0.15, 0.2) is 5.96 Å². The van der Waals surface area contributed by atoms with E-state index in [2.05, 4.69) is 15.6 Å². The average Bonchev–Trinajstić information content (AvgIpc) is 2.50. The molecule has 0 unspecified atom stereocenters. The number of ether oxygens (including phenoxy) is 1. The van der Waals surface area contributed by atoms with Gasteiger partial charge in [-0.2, -0.15) is 13.2 Å². The second-order valence-corrected chi connectivity index (χ2v) is 4.92. The van der Waals surface area contributed by atoms with Crippen LogP contribution < -0.4 is 15.4 Å². The van der Waals surface area contributed by atoms with E-state index in [0.717, 1.165) is 18.6 Å². The number of hydrogen-bond acceptors (Lipinski definition) is 2. The first-order chi connectivity index (χ1) is 11.0. The van der Waals surface area contributed by atoms with Crippen LogP contribution in [0.15, 0.2) is 35.3 Å². The summed E-state index contributed by atoms with van der Waals surface area (Å²) in [6.07, 6.45) is -3.38. The lowest BCUT2D eigenvalue weighted by Gasteiger charge is -2.12. The third-order valence-electron chi connectivity index (χ3n) is 2.88. The lowest BCUT2D eigenvalue weighted by molar-refractivity contribution is -0.132. The van der Waals surface area contributed by atoms with E-state index in [1.807, 2.05) is 37.3 Å². The van der Waals surface area contributed by atoms with Gasteiger partial charge in [-0.25, -0.2) is 0 Å². The Morgan fingerprint density at radius 3 is 2.46 bits per heavy atom. The van der Waals surface area contributed by atoms with Gasteiger partial charge in [-0.3, -0.25) is 4.99 Å². The van der Waals surface area contributed by atoms with Gasteiger partial charge in [0.1, 0.15) is 5.75 Å². The smallest absolute Gasteiger partial charge is 0.390 e. The van der Waals surface area contributed by atoms with Crippen LogP contribution in [0, 0.1) is 0 Å². The number of alkyl halides is 3. The number of unbranched alkanes of at least 4 members (excludes halogenated alkanes) is 1. The summed E-state index contributed by atoms with van der Waals surface area (Å²) in [5.41, 5.74) is 0. The fraction of sp³-hybridized carbons (Fsp3) is 0.562. The molecule has 1 aromatic carbocycles. The normalized spacial score (nSPS) is 11.6. The first kappa shape index (κ1) is 22.8. The van der Waals surface area contributed by atoms with Crippen molar-refractivity contribution in [2.24, 2.45) is 4.99 Å². The van der Waals surface area contributed by atoms with E-state index in [4.69, 9.17) is 4.74 Å². The maximum Gasteiger partial charge on any atom is 0.390 e. The Morgan fingerprint density at radius 1 is 1.12 bits per heavy atom. The maximum absolute atomic E-state index is 12.1. The van der Waals surface area contributed by atoms with Crippen LogP contribution in [0.5, 0.6) is 5.75 Å². The van der Waals surface area contributed by atoms with Crippen molar-refractivity contribution in [3.05, 3.63) is 30.3 Å². The monoisotopic (exact) mass is 459 g/mol. The van der Waals surface area contributed by atoms with Gasteiger partial charge in [-0.15, -0.1) is 24.0 Å². The predicted molar refractivity (Wildman–Crippen MR) is 101 cm³/mol. The van der Waals surface area contributed by atoms with Crippen LogP contribution in [0.3, 0.4) is 0 Å². The van der Waals surface area contributed by atoms with E-state index >= 15 is 0 Å². The molecule has 0 aliphatic heterocycles. The van der Waals surface area contributed by atoms with Crippen molar-refractivity contribution in [2.45, 2.75) is 32.4 Å². The molecule has 0 spiro atoms. The molecule has 0 fully saturated rings. The fourth-order valence-corrected chi connectivity index (χ4v) is 1.78. The zero-order chi connectivity index (χ0) is 17.0. The van der Waals surface area contributed by atoms with Gasteiger partial charge in [0.25, 0.3) is 0 Å². The van der Waals surface area contributed by atoms with Crippen LogP contribution in [0.1, 0.15) is 26.2 Å². The first-order valence-electron chi connectivity index (χ1n) is 7.78. The van der Waals surface area contributed by atoms with E-state index in [1.54, 1.807) is 0 Å². The summed E-state index contributed by atoms with van der Waals surface area (Å²) < 4.78 is 41.9. The summed E-state index contributed by atoms with van der Waals surface area (Å²) in [6.45, 7) is 3.44. The van der Waals surface area contributed by atoms with Crippen molar-refractivity contribution >= 4 is 29.9 Å². The molecule has 1 aromatic rings. The Bertz CT molecular complexity index is 456. The topological polar surface area (TPSA) is 45.7 Å². The van der Waals surface area contributed by atoms with E-state index in [0.29, 0.717) is 25.7 Å². The number of guanidine groups is 1. The summed E-state index contributed by atoms with van der Waals surface area (Å²) in [5, 5.41) is 5.61. The molecule has 0 aliphatic rings. The lowest BCUT2D eigenvalue weighted by atomic mass is 10.3. The number of benzene rings is 1. The number of halogens is 4. The second-order valence-electron chi connectivity index (χ2n) is 4.92. The van der Waals surface area contributed by atoms with Crippen LogP contribution in [0.4, 0.5) is 13.2 Å². The highest BCUT2D eigenvalue weighted by molar-refractivity contribution is 14.0. The van der Waals surface area contributed by atoms with Gasteiger partial charge < -0.3 is 15.4 Å². The van der Waals surface area contributed by atoms with Crippen molar-refractivity contribution < 1.29 is 17.9 Å².